The number of nitrogens with one attached hydrogen (secondary N) is 1. The highest BCUT2D eigenvalue weighted by Gasteiger charge is 2.20. The third-order valence-corrected chi connectivity index (χ3v) is 5.44. The molecule has 1 N–H and O–H groups in total. The number of thioether (sulfide) groups is 1. The van der Waals surface area contributed by atoms with Crippen LogP contribution in [0.3, 0.4) is 0 Å². The van der Waals surface area contributed by atoms with Crippen molar-refractivity contribution >= 4 is 23.4 Å². The van der Waals surface area contributed by atoms with Crippen molar-refractivity contribution in [3.8, 4) is 11.5 Å². The van der Waals surface area contributed by atoms with Crippen LogP contribution in [0.5, 0.6) is 0 Å². The van der Waals surface area contributed by atoms with Crippen LogP contribution in [0, 0.1) is 5.82 Å². The summed E-state index contributed by atoms with van der Waals surface area (Å²) < 4.78 is 18.6. The van der Waals surface area contributed by atoms with Crippen molar-refractivity contribution in [1.29, 1.82) is 0 Å². The smallest absolute Gasteiger partial charge is 0.277 e. The lowest BCUT2D eigenvalue weighted by molar-refractivity contribution is -0.115. The van der Waals surface area contributed by atoms with Gasteiger partial charge < -0.3 is 9.73 Å². The van der Waals surface area contributed by atoms with Gasteiger partial charge in [-0.25, -0.2) is 4.39 Å². The van der Waals surface area contributed by atoms with Crippen molar-refractivity contribution in [2.24, 2.45) is 0 Å². The van der Waals surface area contributed by atoms with E-state index in [1.807, 2.05) is 24.3 Å². The highest BCUT2D eigenvalue weighted by atomic mass is 32.2. The third-order valence-electron chi connectivity index (χ3n) is 4.51. The second-order valence-corrected chi connectivity index (χ2v) is 7.82. The highest BCUT2D eigenvalue weighted by Crippen LogP contribution is 2.29. The number of rotatable bonds is 7. The number of hydrogen-bond donors (Lipinski definition) is 1. The van der Waals surface area contributed by atoms with Gasteiger partial charge in [0, 0.05) is 11.3 Å². The van der Waals surface area contributed by atoms with E-state index >= 15 is 0 Å². The van der Waals surface area contributed by atoms with E-state index in [1.165, 1.54) is 23.9 Å². The summed E-state index contributed by atoms with van der Waals surface area (Å²) in [7, 11) is 0. The molecule has 28 heavy (non-hydrogen) atoms. The molecule has 0 spiro atoms. The minimum absolute atomic E-state index is 0.137. The molecule has 0 fully saturated rings. The highest BCUT2D eigenvalue weighted by molar-refractivity contribution is 8.00. The molecule has 5 nitrogen and oxygen atoms in total. The normalized spacial score (nSPS) is 13.1. The molecule has 0 saturated carbocycles. The number of halogens is 1. The Balaban J connectivity index is 1.66. The molecule has 0 saturated heterocycles. The quantitative estimate of drug-likeness (QED) is 0.531. The van der Waals surface area contributed by atoms with Gasteiger partial charge in [-0.15, -0.1) is 10.2 Å². The molecule has 3 aromatic rings. The molecule has 0 aliphatic carbocycles. The van der Waals surface area contributed by atoms with E-state index in [1.54, 1.807) is 19.1 Å². The van der Waals surface area contributed by atoms with E-state index in [-0.39, 0.29) is 22.8 Å². The van der Waals surface area contributed by atoms with Crippen molar-refractivity contribution < 1.29 is 13.6 Å². The van der Waals surface area contributed by atoms with Crippen LogP contribution in [0.2, 0.25) is 0 Å². The molecule has 3 rings (SSSR count). The van der Waals surface area contributed by atoms with E-state index in [9.17, 15) is 9.18 Å². The maximum Gasteiger partial charge on any atom is 0.277 e. The van der Waals surface area contributed by atoms with E-state index in [4.69, 9.17) is 4.42 Å². The Bertz CT molecular complexity index is 943. The fourth-order valence-electron chi connectivity index (χ4n) is 2.67. The average molecular weight is 399 g/mol. The van der Waals surface area contributed by atoms with Gasteiger partial charge >= 0.3 is 0 Å². The van der Waals surface area contributed by atoms with Crippen LogP contribution in [0.25, 0.3) is 11.5 Å². The predicted octanol–water partition coefficient (Wildman–Crippen LogP) is 5.51. The number of anilines is 1. The van der Waals surface area contributed by atoms with Gasteiger partial charge in [0.05, 0.1) is 5.25 Å². The zero-order valence-corrected chi connectivity index (χ0v) is 16.8. The van der Waals surface area contributed by atoms with E-state index in [2.05, 4.69) is 29.4 Å². The van der Waals surface area contributed by atoms with Gasteiger partial charge in [-0.05, 0) is 55.2 Å². The Morgan fingerprint density at radius 2 is 1.86 bits per heavy atom. The molecule has 0 unspecified atom stereocenters. The number of para-hydroxylation sites is 1. The van der Waals surface area contributed by atoms with Crippen LogP contribution >= 0.6 is 11.8 Å². The van der Waals surface area contributed by atoms with E-state index in [0.717, 1.165) is 17.7 Å². The first-order valence-electron chi connectivity index (χ1n) is 9.13. The number of nitrogens with zero attached hydrogens (tertiary/aromatic N) is 2. The minimum atomic E-state index is -0.425. The lowest BCUT2D eigenvalue weighted by atomic mass is 9.97. The molecule has 2 atom stereocenters. The lowest BCUT2D eigenvalue weighted by Crippen LogP contribution is -2.23. The molecule has 7 heteroatoms. The van der Waals surface area contributed by atoms with Gasteiger partial charge in [0.2, 0.25) is 11.8 Å². The molecule has 1 amide bonds. The lowest BCUT2D eigenvalue weighted by Gasteiger charge is -2.17. The summed E-state index contributed by atoms with van der Waals surface area (Å²) in [6.07, 6.45) is 0.991. The first kappa shape index (κ1) is 20.1. The number of amides is 1. The number of hydrogen-bond acceptors (Lipinski definition) is 5. The summed E-state index contributed by atoms with van der Waals surface area (Å²) in [4.78, 5) is 12.6. The number of aromatic nitrogens is 2. The molecule has 0 bridgehead atoms. The first-order chi connectivity index (χ1) is 13.5. The summed E-state index contributed by atoms with van der Waals surface area (Å²) in [5, 5.41) is 10.8. The SMILES string of the molecule is CC[C@@H](C)c1ccccc1NC(=O)[C@H](C)Sc1nnc(-c2ccc(F)cc2)o1. The number of carbonyl (C=O) groups is 1. The standard InChI is InChI=1S/C21H22FN3O2S/c1-4-13(2)17-7-5-6-8-18(17)23-19(26)14(3)28-21-25-24-20(27-21)15-9-11-16(22)12-10-15/h5-14H,4H2,1-3H3,(H,23,26)/t13-,14+/m1/s1. The Morgan fingerprint density at radius 3 is 2.57 bits per heavy atom. The fourth-order valence-corrected chi connectivity index (χ4v) is 3.35. The second-order valence-electron chi connectivity index (χ2n) is 6.53. The Labute approximate surface area is 167 Å². The Kier molecular flexibility index (Phi) is 6.46. The maximum atomic E-state index is 13.0. The molecular weight excluding hydrogens is 377 g/mol. The average Bonchev–Trinajstić information content (AvgIpc) is 3.16. The molecule has 0 aliphatic rings. The molecule has 146 valence electrons. The summed E-state index contributed by atoms with van der Waals surface area (Å²) in [6.45, 7) is 6.04. The van der Waals surface area contributed by atoms with Crippen molar-refractivity contribution in [1.82, 2.24) is 10.2 Å². The molecule has 1 heterocycles. The van der Waals surface area contributed by atoms with Crippen LogP contribution in [0.15, 0.2) is 58.2 Å². The van der Waals surface area contributed by atoms with Gasteiger partial charge in [0.15, 0.2) is 0 Å². The number of benzene rings is 2. The van der Waals surface area contributed by atoms with Crippen LogP contribution in [-0.2, 0) is 4.79 Å². The second kappa shape index (κ2) is 9.01. The third kappa shape index (κ3) is 4.78. The van der Waals surface area contributed by atoms with Crippen molar-refractivity contribution in [2.75, 3.05) is 5.32 Å². The van der Waals surface area contributed by atoms with Gasteiger partial charge in [0.25, 0.3) is 5.22 Å². The topological polar surface area (TPSA) is 68.0 Å². The summed E-state index contributed by atoms with van der Waals surface area (Å²) in [5.41, 5.74) is 2.57. The summed E-state index contributed by atoms with van der Waals surface area (Å²) in [5.74, 6) is 0.175. The van der Waals surface area contributed by atoms with Gasteiger partial charge in [-0.3, -0.25) is 4.79 Å². The number of carbonyl (C=O) groups excluding carboxylic acids is 1. The monoisotopic (exact) mass is 399 g/mol. The largest absolute Gasteiger partial charge is 0.411 e. The maximum absolute atomic E-state index is 13.0. The first-order valence-corrected chi connectivity index (χ1v) is 10.0. The minimum Gasteiger partial charge on any atom is -0.411 e. The molecule has 1 aromatic heterocycles. The van der Waals surface area contributed by atoms with Crippen LogP contribution in [0.1, 0.15) is 38.7 Å². The van der Waals surface area contributed by atoms with Gasteiger partial charge in [-0.1, -0.05) is 43.8 Å². The van der Waals surface area contributed by atoms with Crippen molar-refractivity contribution in [3.63, 3.8) is 0 Å². The zero-order chi connectivity index (χ0) is 20.1. The van der Waals surface area contributed by atoms with Crippen molar-refractivity contribution in [2.45, 2.75) is 43.6 Å². The Morgan fingerprint density at radius 1 is 1.14 bits per heavy atom. The Hall–Kier alpha value is -2.67. The van der Waals surface area contributed by atoms with Crippen LogP contribution in [0.4, 0.5) is 10.1 Å². The summed E-state index contributed by atoms with van der Waals surface area (Å²) in [6, 6.07) is 13.6. The van der Waals surface area contributed by atoms with Crippen molar-refractivity contribution in [3.05, 3.63) is 59.9 Å². The molecule has 2 aromatic carbocycles. The van der Waals surface area contributed by atoms with Gasteiger partial charge in [0.1, 0.15) is 5.82 Å². The van der Waals surface area contributed by atoms with E-state index in [0.29, 0.717) is 11.5 Å². The summed E-state index contributed by atoms with van der Waals surface area (Å²) >= 11 is 1.18. The zero-order valence-electron chi connectivity index (χ0n) is 16.0. The van der Waals surface area contributed by atoms with Crippen LogP contribution in [-0.4, -0.2) is 21.4 Å². The van der Waals surface area contributed by atoms with E-state index < -0.39 is 5.25 Å². The van der Waals surface area contributed by atoms with Gasteiger partial charge in [-0.2, -0.15) is 0 Å². The van der Waals surface area contributed by atoms with Crippen LogP contribution < -0.4 is 5.32 Å². The molecule has 0 radical (unpaired) electrons. The predicted molar refractivity (Wildman–Crippen MR) is 109 cm³/mol. The fraction of sp³-hybridized carbons (Fsp3) is 0.286. The molecular formula is C21H22FN3O2S. The molecule has 0 aliphatic heterocycles.